The van der Waals surface area contributed by atoms with E-state index in [1.165, 1.54) is 11.8 Å². The van der Waals surface area contributed by atoms with Gasteiger partial charge in [0.2, 0.25) is 11.8 Å². The molecule has 0 aliphatic carbocycles. The van der Waals surface area contributed by atoms with E-state index in [-0.39, 0.29) is 23.5 Å². The highest BCUT2D eigenvalue weighted by molar-refractivity contribution is 8.01. The number of esters is 1. The number of ether oxygens (including phenoxy) is 1. The molecule has 1 atom stereocenters. The predicted molar refractivity (Wildman–Crippen MR) is 112 cm³/mol. The number of anilines is 2. The highest BCUT2D eigenvalue weighted by atomic mass is 32.2. The van der Waals surface area contributed by atoms with E-state index in [1.807, 2.05) is 6.92 Å². The van der Waals surface area contributed by atoms with Gasteiger partial charge in [-0.25, -0.2) is 4.79 Å². The summed E-state index contributed by atoms with van der Waals surface area (Å²) in [5, 5.41) is 8.62. The van der Waals surface area contributed by atoms with Crippen LogP contribution in [0.4, 0.5) is 11.5 Å². The van der Waals surface area contributed by atoms with Crippen LogP contribution < -0.4 is 10.6 Å². The van der Waals surface area contributed by atoms with Crippen molar-refractivity contribution in [3.05, 3.63) is 41.7 Å². The van der Waals surface area contributed by atoms with E-state index in [0.29, 0.717) is 29.4 Å². The Morgan fingerprint density at radius 2 is 1.93 bits per heavy atom. The number of hydrogen-bond acceptors (Lipinski definition) is 7. The molecule has 1 aromatic carbocycles. The summed E-state index contributed by atoms with van der Waals surface area (Å²) in [4.78, 5) is 36.1. The van der Waals surface area contributed by atoms with Crippen LogP contribution in [0, 0.1) is 6.92 Å². The zero-order valence-electron chi connectivity index (χ0n) is 16.7. The van der Waals surface area contributed by atoms with E-state index in [0.717, 1.165) is 12.8 Å². The van der Waals surface area contributed by atoms with Gasteiger partial charge >= 0.3 is 5.97 Å². The van der Waals surface area contributed by atoms with Crippen molar-refractivity contribution in [3.8, 4) is 0 Å². The summed E-state index contributed by atoms with van der Waals surface area (Å²) in [5.41, 5.74) is 0.998. The van der Waals surface area contributed by atoms with Crippen LogP contribution in [0.3, 0.4) is 0 Å². The van der Waals surface area contributed by atoms with Gasteiger partial charge < -0.3 is 19.9 Å². The molecule has 0 saturated heterocycles. The van der Waals surface area contributed by atoms with Gasteiger partial charge in [0.25, 0.3) is 0 Å². The lowest BCUT2D eigenvalue weighted by atomic mass is 10.2. The summed E-state index contributed by atoms with van der Waals surface area (Å²) in [7, 11) is 0. The van der Waals surface area contributed by atoms with Crippen molar-refractivity contribution in [1.29, 1.82) is 0 Å². The van der Waals surface area contributed by atoms with Crippen molar-refractivity contribution in [2.45, 2.75) is 38.9 Å². The Kier molecular flexibility index (Phi) is 8.72. The van der Waals surface area contributed by atoms with Crippen LogP contribution in [0.2, 0.25) is 0 Å². The molecular formula is C20H25N3O5S. The van der Waals surface area contributed by atoms with Crippen LogP contribution in [0.1, 0.15) is 42.8 Å². The number of unbranched alkanes of at least 4 members (excludes halogenated alkanes) is 1. The summed E-state index contributed by atoms with van der Waals surface area (Å²) < 4.78 is 10.0. The van der Waals surface area contributed by atoms with Crippen LogP contribution in [0.15, 0.2) is 34.9 Å². The van der Waals surface area contributed by atoms with Crippen LogP contribution in [-0.4, -0.2) is 40.6 Å². The van der Waals surface area contributed by atoms with Gasteiger partial charge in [0.15, 0.2) is 5.82 Å². The molecule has 0 saturated carbocycles. The number of carbonyl (C=O) groups is 3. The second kappa shape index (κ2) is 11.3. The first kappa shape index (κ1) is 22.5. The van der Waals surface area contributed by atoms with Gasteiger partial charge in [0.1, 0.15) is 5.76 Å². The molecule has 8 nitrogen and oxygen atoms in total. The summed E-state index contributed by atoms with van der Waals surface area (Å²) in [6, 6.07) is 8.11. The normalized spacial score (nSPS) is 11.6. The number of hydrogen-bond donors (Lipinski definition) is 2. The zero-order valence-corrected chi connectivity index (χ0v) is 17.5. The van der Waals surface area contributed by atoms with E-state index in [4.69, 9.17) is 9.26 Å². The first-order chi connectivity index (χ1) is 13.9. The minimum atomic E-state index is -0.446. The number of nitrogens with one attached hydrogen (secondary N) is 2. The first-order valence-electron chi connectivity index (χ1n) is 9.32. The van der Waals surface area contributed by atoms with E-state index < -0.39 is 5.25 Å². The number of aryl methyl sites for hydroxylation is 1. The molecular weight excluding hydrogens is 394 g/mol. The molecule has 0 spiro atoms. The number of amides is 2. The maximum Gasteiger partial charge on any atom is 0.338 e. The predicted octanol–water partition coefficient (Wildman–Crippen LogP) is 3.64. The Labute approximate surface area is 173 Å². The van der Waals surface area contributed by atoms with E-state index in [2.05, 4.69) is 15.8 Å². The maximum absolute atomic E-state index is 12.1. The van der Waals surface area contributed by atoms with E-state index in [1.54, 1.807) is 44.2 Å². The second-order valence-electron chi connectivity index (χ2n) is 6.38. The highest BCUT2D eigenvalue weighted by Crippen LogP contribution is 2.16. The Morgan fingerprint density at radius 3 is 2.55 bits per heavy atom. The Bertz CT molecular complexity index is 835. The van der Waals surface area contributed by atoms with Gasteiger partial charge in [-0.1, -0.05) is 18.5 Å². The van der Waals surface area contributed by atoms with Crippen molar-refractivity contribution in [1.82, 2.24) is 5.16 Å². The lowest BCUT2D eigenvalue weighted by Crippen LogP contribution is -2.25. The average molecular weight is 420 g/mol. The van der Waals surface area contributed by atoms with Crippen LogP contribution in [-0.2, 0) is 14.3 Å². The monoisotopic (exact) mass is 419 g/mol. The second-order valence-corrected chi connectivity index (χ2v) is 7.71. The fraction of sp³-hybridized carbons (Fsp3) is 0.400. The number of thioether (sulfide) groups is 1. The summed E-state index contributed by atoms with van der Waals surface area (Å²) in [6.07, 6.45) is 1.78. The molecule has 0 aliphatic rings. The van der Waals surface area contributed by atoms with Crippen molar-refractivity contribution in [3.63, 3.8) is 0 Å². The molecule has 0 fully saturated rings. The van der Waals surface area contributed by atoms with Crippen molar-refractivity contribution in [2.24, 2.45) is 0 Å². The van der Waals surface area contributed by atoms with E-state index >= 15 is 0 Å². The smallest absolute Gasteiger partial charge is 0.338 e. The largest absolute Gasteiger partial charge is 0.462 e. The molecule has 9 heteroatoms. The van der Waals surface area contributed by atoms with Gasteiger partial charge in [-0.2, -0.15) is 0 Å². The molecule has 29 heavy (non-hydrogen) atoms. The average Bonchev–Trinajstić information content (AvgIpc) is 3.11. The van der Waals surface area contributed by atoms with Crippen molar-refractivity contribution < 1.29 is 23.6 Å². The molecule has 2 rings (SSSR count). The quantitative estimate of drug-likeness (QED) is 0.447. The Morgan fingerprint density at radius 1 is 1.21 bits per heavy atom. The van der Waals surface area contributed by atoms with Crippen molar-refractivity contribution in [2.75, 3.05) is 23.0 Å². The van der Waals surface area contributed by atoms with Gasteiger partial charge in [-0.3, -0.25) is 9.59 Å². The molecule has 1 unspecified atom stereocenters. The molecule has 0 radical (unpaired) electrons. The Hall–Kier alpha value is -2.81. The fourth-order valence-corrected chi connectivity index (χ4v) is 2.89. The van der Waals surface area contributed by atoms with Crippen molar-refractivity contribution >= 4 is 41.1 Å². The molecule has 0 bridgehead atoms. The minimum absolute atomic E-state index is 0.104. The lowest BCUT2D eigenvalue weighted by molar-refractivity contribution is -0.115. The van der Waals surface area contributed by atoms with E-state index in [9.17, 15) is 14.4 Å². The SMILES string of the molecule is CCCCOC(=O)c1ccc(NC(=O)CSC(C)C(=O)Nc2cc(C)on2)cc1. The summed E-state index contributed by atoms with van der Waals surface area (Å²) in [5.74, 6) is 0.159. The standard InChI is InChI=1S/C20H25N3O5S/c1-4-5-10-27-20(26)15-6-8-16(9-7-15)21-18(24)12-29-14(3)19(25)22-17-11-13(2)28-23-17/h6-9,11,14H,4-5,10,12H2,1-3H3,(H,21,24)(H,22,23,25). The van der Waals surface area contributed by atoms with Crippen LogP contribution in [0.5, 0.6) is 0 Å². The van der Waals surface area contributed by atoms with Crippen LogP contribution in [0.25, 0.3) is 0 Å². The third kappa shape index (κ3) is 7.61. The van der Waals surface area contributed by atoms with Gasteiger partial charge in [-0.05, 0) is 44.5 Å². The fourth-order valence-electron chi connectivity index (χ4n) is 2.21. The van der Waals surface area contributed by atoms with Gasteiger partial charge in [0.05, 0.1) is 23.2 Å². The van der Waals surface area contributed by atoms with Gasteiger partial charge in [-0.15, -0.1) is 11.8 Å². The zero-order chi connectivity index (χ0) is 21.2. The molecule has 1 heterocycles. The molecule has 2 N–H and O–H groups in total. The minimum Gasteiger partial charge on any atom is -0.462 e. The third-order valence-corrected chi connectivity index (χ3v) is 4.99. The number of nitrogens with zero attached hydrogens (tertiary/aromatic N) is 1. The number of benzene rings is 1. The summed E-state index contributed by atoms with van der Waals surface area (Å²) >= 11 is 1.20. The highest BCUT2D eigenvalue weighted by Gasteiger charge is 2.17. The lowest BCUT2D eigenvalue weighted by Gasteiger charge is -2.11. The molecule has 1 aromatic heterocycles. The molecule has 2 amide bonds. The first-order valence-corrected chi connectivity index (χ1v) is 10.4. The third-order valence-electron chi connectivity index (χ3n) is 3.85. The maximum atomic E-state index is 12.1. The topological polar surface area (TPSA) is 111 Å². The van der Waals surface area contributed by atoms with Gasteiger partial charge in [0, 0.05) is 11.8 Å². The molecule has 2 aromatic rings. The number of carbonyl (C=O) groups excluding carboxylic acids is 3. The number of rotatable bonds is 10. The summed E-state index contributed by atoms with van der Waals surface area (Å²) in [6.45, 7) is 5.85. The number of aromatic nitrogens is 1. The van der Waals surface area contributed by atoms with Crippen LogP contribution >= 0.6 is 11.8 Å². The molecule has 0 aliphatic heterocycles. The Balaban J connectivity index is 1.75. The molecule has 156 valence electrons.